The lowest BCUT2D eigenvalue weighted by Gasteiger charge is -2.31. The van der Waals surface area contributed by atoms with E-state index in [2.05, 4.69) is 44.0 Å². The van der Waals surface area contributed by atoms with Gasteiger partial charge in [-0.2, -0.15) is 9.97 Å². The topological polar surface area (TPSA) is 103 Å². The van der Waals surface area contributed by atoms with Gasteiger partial charge in [-0.25, -0.2) is 0 Å². The van der Waals surface area contributed by atoms with Gasteiger partial charge in [0.25, 0.3) is 5.89 Å². The van der Waals surface area contributed by atoms with E-state index >= 15 is 0 Å². The molecule has 1 aliphatic rings. The summed E-state index contributed by atoms with van der Waals surface area (Å²) in [7, 11) is 0. The van der Waals surface area contributed by atoms with Crippen LogP contribution in [0.4, 0.5) is 6.01 Å². The number of aromatic nitrogens is 5. The summed E-state index contributed by atoms with van der Waals surface area (Å²) in [4.78, 5) is 15.3. The molecule has 1 saturated heterocycles. The zero-order valence-electron chi connectivity index (χ0n) is 17.2. The predicted molar refractivity (Wildman–Crippen MR) is 105 cm³/mol. The minimum Gasteiger partial charge on any atom is -0.365 e. The van der Waals surface area contributed by atoms with Crippen molar-refractivity contribution < 1.29 is 13.8 Å². The third-order valence-corrected chi connectivity index (χ3v) is 5.00. The lowest BCUT2D eigenvalue weighted by atomic mass is 10.1. The highest BCUT2D eigenvalue weighted by Gasteiger charge is 2.27. The fourth-order valence-corrected chi connectivity index (χ4v) is 3.32. The van der Waals surface area contributed by atoms with Gasteiger partial charge in [0.05, 0.1) is 6.10 Å². The Morgan fingerprint density at radius 2 is 1.90 bits per heavy atom. The molecule has 0 spiro atoms. The lowest BCUT2D eigenvalue weighted by molar-refractivity contribution is -0.0303. The first-order valence-corrected chi connectivity index (χ1v) is 10.00. The number of nitrogens with zero attached hydrogens (tertiary/aromatic N) is 6. The molecule has 4 heterocycles. The van der Waals surface area contributed by atoms with Crippen LogP contribution in [-0.2, 0) is 4.74 Å². The van der Waals surface area contributed by atoms with Crippen molar-refractivity contribution in [3.05, 3.63) is 35.7 Å². The summed E-state index contributed by atoms with van der Waals surface area (Å²) in [5, 5.41) is 8.12. The number of aryl methyl sites for hydroxylation is 1. The Morgan fingerprint density at radius 1 is 1.10 bits per heavy atom. The fourth-order valence-electron chi connectivity index (χ4n) is 3.32. The number of ether oxygens (including phenoxy) is 1. The van der Waals surface area contributed by atoms with Gasteiger partial charge in [0, 0.05) is 36.5 Å². The van der Waals surface area contributed by atoms with Gasteiger partial charge in [-0.05, 0) is 38.8 Å². The molecule has 3 aromatic heterocycles. The summed E-state index contributed by atoms with van der Waals surface area (Å²) in [6.45, 7) is 9.59. The highest BCUT2D eigenvalue weighted by atomic mass is 16.5. The molecule has 154 valence electrons. The smallest absolute Gasteiger partial charge is 0.324 e. The van der Waals surface area contributed by atoms with Crippen LogP contribution < -0.4 is 4.90 Å². The van der Waals surface area contributed by atoms with E-state index in [0.29, 0.717) is 17.7 Å². The van der Waals surface area contributed by atoms with Crippen LogP contribution in [0.2, 0.25) is 0 Å². The van der Waals surface area contributed by atoms with Crippen LogP contribution in [0.5, 0.6) is 0 Å². The molecule has 0 amide bonds. The molecule has 0 N–H and O–H groups in total. The summed E-state index contributed by atoms with van der Waals surface area (Å²) >= 11 is 0. The summed E-state index contributed by atoms with van der Waals surface area (Å²) in [6, 6.07) is 4.39. The molecule has 4 rings (SSSR count). The van der Waals surface area contributed by atoms with Gasteiger partial charge in [0.15, 0.2) is 5.82 Å². The molecule has 0 bridgehead atoms. The summed E-state index contributed by atoms with van der Waals surface area (Å²) in [5.74, 6) is 2.02. The molecular formula is C20H26N6O3. The maximum atomic E-state index is 6.18. The van der Waals surface area contributed by atoms with Crippen LogP contribution >= 0.6 is 0 Å². The quantitative estimate of drug-likeness (QED) is 0.615. The second kappa shape index (κ2) is 8.28. The van der Waals surface area contributed by atoms with Gasteiger partial charge < -0.3 is 18.7 Å². The van der Waals surface area contributed by atoms with E-state index in [1.54, 1.807) is 6.20 Å². The van der Waals surface area contributed by atoms with Crippen molar-refractivity contribution >= 4 is 6.01 Å². The molecule has 29 heavy (non-hydrogen) atoms. The Bertz CT molecular complexity index is 945. The van der Waals surface area contributed by atoms with E-state index < -0.39 is 0 Å². The average Bonchev–Trinajstić information content (AvgIpc) is 3.39. The Balaban J connectivity index is 1.32. The van der Waals surface area contributed by atoms with Crippen LogP contribution in [0.3, 0.4) is 0 Å². The van der Waals surface area contributed by atoms with Crippen LogP contribution in [0, 0.1) is 6.92 Å². The summed E-state index contributed by atoms with van der Waals surface area (Å²) in [5.41, 5.74) is 1.79. The second-order valence-electron chi connectivity index (χ2n) is 7.70. The molecule has 1 atom stereocenters. The SMILES string of the molecule is Cc1cc(-c2noc(C(C)OC3CCN(c4nc(C(C)C)no4)CC3)n2)ccn1. The molecular weight excluding hydrogens is 372 g/mol. The summed E-state index contributed by atoms with van der Waals surface area (Å²) < 4.78 is 17.0. The zero-order valence-corrected chi connectivity index (χ0v) is 17.2. The third-order valence-electron chi connectivity index (χ3n) is 5.00. The zero-order chi connectivity index (χ0) is 20.4. The lowest BCUT2D eigenvalue weighted by Crippen LogP contribution is -2.37. The molecule has 0 aromatic carbocycles. The molecule has 3 aromatic rings. The largest absolute Gasteiger partial charge is 0.365 e. The van der Waals surface area contributed by atoms with E-state index in [1.165, 1.54) is 0 Å². The Kier molecular flexibility index (Phi) is 5.57. The van der Waals surface area contributed by atoms with Crippen LogP contribution in [0.15, 0.2) is 27.4 Å². The Morgan fingerprint density at radius 3 is 2.59 bits per heavy atom. The molecule has 1 unspecified atom stereocenters. The monoisotopic (exact) mass is 398 g/mol. The predicted octanol–water partition coefficient (Wildman–Crippen LogP) is 3.69. The highest BCUT2D eigenvalue weighted by Crippen LogP contribution is 2.26. The third kappa shape index (κ3) is 4.45. The van der Waals surface area contributed by atoms with Gasteiger partial charge in [-0.15, -0.1) is 0 Å². The maximum absolute atomic E-state index is 6.18. The number of anilines is 1. The molecule has 0 saturated carbocycles. The molecule has 9 nitrogen and oxygen atoms in total. The molecule has 1 aliphatic heterocycles. The van der Waals surface area contributed by atoms with Crippen molar-refractivity contribution in [3.8, 4) is 11.4 Å². The first-order valence-electron chi connectivity index (χ1n) is 10.00. The van der Waals surface area contributed by atoms with E-state index in [1.807, 2.05) is 26.0 Å². The van der Waals surface area contributed by atoms with Gasteiger partial charge in [0.2, 0.25) is 5.82 Å². The van der Waals surface area contributed by atoms with E-state index in [-0.39, 0.29) is 18.1 Å². The van der Waals surface area contributed by atoms with Gasteiger partial charge in [0.1, 0.15) is 6.10 Å². The normalized spacial score (nSPS) is 16.5. The molecule has 9 heteroatoms. The van der Waals surface area contributed by atoms with Gasteiger partial charge in [-0.1, -0.05) is 24.2 Å². The summed E-state index contributed by atoms with van der Waals surface area (Å²) in [6.07, 6.45) is 3.32. The Hall–Kier alpha value is -2.81. The van der Waals surface area contributed by atoms with E-state index in [4.69, 9.17) is 13.8 Å². The number of pyridine rings is 1. The van der Waals surface area contributed by atoms with Crippen LogP contribution in [0.25, 0.3) is 11.4 Å². The first kappa shape index (κ1) is 19.5. The maximum Gasteiger partial charge on any atom is 0.324 e. The molecule has 1 fully saturated rings. The number of hydrogen-bond donors (Lipinski definition) is 0. The van der Waals surface area contributed by atoms with E-state index in [0.717, 1.165) is 43.0 Å². The Labute approximate surface area is 169 Å². The minimum absolute atomic E-state index is 0.118. The van der Waals surface area contributed by atoms with Gasteiger partial charge >= 0.3 is 6.01 Å². The number of rotatable bonds is 6. The van der Waals surface area contributed by atoms with Crippen molar-refractivity contribution in [1.82, 2.24) is 25.3 Å². The minimum atomic E-state index is -0.272. The average molecular weight is 398 g/mol. The van der Waals surface area contributed by atoms with Crippen LogP contribution in [0.1, 0.15) is 63.0 Å². The second-order valence-corrected chi connectivity index (χ2v) is 7.70. The fraction of sp³-hybridized carbons (Fsp3) is 0.550. The first-order chi connectivity index (χ1) is 14.0. The van der Waals surface area contributed by atoms with Crippen molar-refractivity contribution in [2.45, 2.75) is 58.7 Å². The molecule has 0 radical (unpaired) electrons. The van der Waals surface area contributed by atoms with Crippen molar-refractivity contribution in [1.29, 1.82) is 0 Å². The van der Waals surface area contributed by atoms with E-state index in [9.17, 15) is 0 Å². The highest BCUT2D eigenvalue weighted by molar-refractivity contribution is 5.53. The standard InChI is InChI=1S/C20H26N6O3/c1-12(2)17-23-20(29-24-17)26-9-6-16(7-10-26)27-14(4)19-22-18(25-28-19)15-5-8-21-13(3)11-15/h5,8,11-12,14,16H,6-7,9-10H2,1-4H3. The van der Waals surface area contributed by atoms with Crippen LogP contribution in [-0.4, -0.2) is 44.5 Å². The van der Waals surface area contributed by atoms with Crippen molar-refractivity contribution in [3.63, 3.8) is 0 Å². The van der Waals surface area contributed by atoms with Gasteiger partial charge in [-0.3, -0.25) is 4.98 Å². The molecule has 0 aliphatic carbocycles. The number of piperidine rings is 1. The van der Waals surface area contributed by atoms with Crippen molar-refractivity contribution in [2.24, 2.45) is 0 Å². The number of hydrogen-bond acceptors (Lipinski definition) is 9. The van der Waals surface area contributed by atoms with Crippen molar-refractivity contribution in [2.75, 3.05) is 18.0 Å².